The minimum absolute atomic E-state index is 0.0734. The van der Waals surface area contributed by atoms with Crippen molar-refractivity contribution in [3.8, 4) is 22.8 Å². The van der Waals surface area contributed by atoms with Gasteiger partial charge in [-0.1, -0.05) is 24.8 Å². The number of nitrogens with zero attached hydrogens (tertiary/aromatic N) is 3. The van der Waals surface area contributed by atoms with Gasteiger partial charge in [0.1, 0.15) is 17.1 Å². The molecule has 0 spiro atoms. The third kappa shape index (κ3) is 4.20. The highest BCUT2D eigenvalue weighted by atomic mass is 16.5. The van der Waals surface area contributed by atoms with Crippen molar-refractivity contribution in [3.05, 3.63) is 72.8 Å². The number of rotatable bonds is 6. The molecule has 8 heteroatoms. The lowest BCUT2D eigenvalue weighted by Gasteiger charge is -2.33. The molecule has 0 saturated carbocycles. The average molecular weight is 431 g/mol. The van der Waals surface area contributed by atoms with Crippen LogP contribution in [0.15, 0.2) is 67.3 Å². The van der Waals surface area contributed by atoms with E-state index in [4.69, 9.17) is 16.2 Å². The zero-order valence-corrected chi connectivity index (χ0v) is 17.6. The molecule has 1 fully saturated rings. The summed E-state index contributed by atoms with van der Waals surface area (Å²) in [5, 5.41) is 4.44. The second-order valence-corrected chi connectivity index (χ2v) is 7.64. The molecule has 1 saturated heterocycles. The Morgan fingerprint density at radius 1 is 1.09 bits per heavy atom. The molecule has 32 heavy (non-hydrogen) atoms. The summed E-state index contributed by atoms with van der Waals surface area (Å²) in [4.78, 5) is 26.1. The quantitative estimate of drug-likeness (QED) is 0.581. The Morgan fingerprint density at radius 3 is 2.44 bits per heavy atom. The number of nitrogen functional groups attached to an aromatic ring is 1. The fraction of sp³-hybridized carbons (Fsp3) is 0.208. The van der Waals surface area contributed by atoms with Crippen LogP contribution in [-0.4, -0.2) is 39.6 Å². The number of anilines is 1. The summed E-state index contributed by atoms with van der Waals surface area (Å²) in [6, 6.07) is 16.6. The summed E-state index contributed by atoms with van der Waals surface area (Å²) >= 11 is 0. The zero-order valence-electron chi connectivity index (χ0n) is 17.6. The number of para-hydroxylation sites is 1. The molecule has 8 nitrogen and oxygen atoms in total. The van der Waals surface area contributed by atoms with Gasteiger partial charge in [-0.15, -0.1) is 0 Å². The third-order valence-electron chi connectivity index (χ3n) is 5.52. The Morgan fingerprint density at radius 2 is 1.78 bits per heavy atom. The van der Waals surface area contributed by atoms with Crippen molar-refractivity contribution < 1.29 is 14.3 Å². The van der Waals surface area contributed by atoms with Crippen molar-refractivity contribution in [2.45, 2.75) is 18.9 Å². The molecule has 1 aliphatic rings. The van der Waals surface area contributed by atoms with Crippen LogP contribution in [0.3, 0.4) is 0 Å². The van der Waals surface area contributed by atoms with E-state index in [1.807, 2.05) is 54.6 Å². The fourth-order valence-electron chi connectivity index (χ4n) is 4.02. The number of hydrogen-bond acceptors (Lipinski definition) is 5. The first-order valence-corrected chi connectivity index (χ1v) is 10.4. The SMILES string of the molecule is C=CC(=O)N1CCC[C@@H](n2nc(N)c(C(N)=O)c2-c2ccc(Oc3ccccc3)cc2)C1. The van der Waals surface area contributed by atoms with Crippen molar-refractivity contribution >= 4 is 17.6 Å². The predicted molar refractivity (Wildman–Crippen MR) is 122 cm³/mol. The van der Waals surface area contributed by atoms with Gasteiger partial charge < -0.3 is 21.1 Å². The molecule has 164 valence electrons. The van der Waals surface area contributed by atoms with Gasteiger partial charge in [-0.25, -0.2) is 0 Å². The largest absolute Gasteiger partial charge is 0.457 e. The van der Waals surface area contributed by atoms with Crippen LogP contribution in [-0.2, 0) is 4.79 Å². The number of piperidine rings is 1. The summed E-state index contributed by atoms with van der Waals surface area (Å²) < 4.78 is 7.59. The molecule has 4 rings (SSSR count). The number of aromatic nitrogens is 2. The van der Waals surface area contributed by atoms with Gasteiger partial charge in [0.25, 0.3) is 5.91 Å². The second-order valence-electron chi connectivity index (χ2n) is 7.64. The molecule has 0 radical (unpaired) electrons. The highest BCUT2D eigenvalue weighted by Crippen LogP contribution is 2.34. The Labute approximate surface area is 186 Å². The first-order chi connectivity index (χ1) is 15.5. The van der Waals surface area contributed by atoms with Gasteiger partial charge in [0.05, 0.1) is 11.7 Å². The van der Waals surface area contributed by atoms with Gasteiger partial charge in [0.2, 0.25) is 5.91 Å². The maximum atomic E-state index is 12.2. The number of primary amides is 1. The summed E-state index contributed by atoms with van der Waals surface area (Å²) in [7, 11) is 0. The van der Waals surface area contributed by atoms with Gasteiger partial charge in [0.15, 0.2) is 5.82 Å². The van der Waals surface area contributed by atoms with Gasteiger partial charge in [-0.3, -0.25) is 14.3 Å². The molecule has 3 aromatic rings. The number of hydrogen-bond donors (Lipinski definition) is 2. The number of carbonyl (C=O) groups is 2. The van der Waals surface area contributed by atoms with Gasteiger partial charge >= 0.3 is 0 Å². The summed E-state index contributed by atoms with van der Waals surface area (Å²) in [6.45, 7) is 4.68. The monoisotopic (exact) mass is 431 g/mol. The smallest absolute Gasteiger partial charge is 0.254 e. The number of amides is 2. The lowest BCUT2D eigenvalue weighted by Crippen LogP contribution is -2.40. The van der Waals surface area contributed by atoms with Crippen LogP contribution in [0, 0.1) is 0 Å². The van der Waals surface area contributed by atoms with Crippen LogP contribution in [0.5, 0.6) is 11.5 Å². The highest BCUT2D eigenvalue weighted by Gasteiger charge is 2.30. The van der Waals surface area contributed by atoms with Crippen molar-refractivity contribution in [2.24, 2.45) is 5.73 Å². The van der Waals surface area contributed by atoms with E-state index in [1.165, 1.54) is 6.08 Å². The molecule has 1 atom stereocenters. The number of ether oxygens (including phenoxy) is 1. The number of nitrogens with two attached hydrogens (primary N) is 2. The third-order valence-corrected chi connectivity index (χ3v) is 5.52. The van der Waals surface area contributed by atoms with Crippen molar-refractivity contribution in [2.75, 3.05) is 18.8 Å². The van der Waals surface area contributed by atoms with Crippen molar-refractivity contribution in [1.82, 2.24) is 14.7 Å². The molecule has 0 bridgehead atoms. The minimum Gasteiger partial charge on any atom is -0.457 e. The van der Waals surface area contributed by atoms with Gasteiger partial charge in [0, 0.05) is 18.7 Å². The van der Waals surface area contributed by atoms with E-state index < -0.39 is 5.91 Å². The molecule has 1 aromatic heterocycles. The topological polar surface area (TPSA) is 116 Å². The van der Waals surface area contributed by atoms with E-state index in [0.717, 1.165) is 24.2 Å². The predicted octanol–water partition coefficient (Wildman–Crippen LogP) is 3.37. The van der Waals surface area contributed by atoms with Crippen LogP contribution in [0.1, 0.15) is 29.2 Å². The Hall–Kier alpha value is -4.07. The van der Waals surface area contributed by atoms with Crippen LogP contribution < -0.4 is 16.2 Å². The molecule has 4 N–H and O–H groups in total. The van der Waals surface area contributed by atoms with Crippen LogP contribution in [0.4, 0.5) is 5.82 Å². The maximum Gasteiger partial charge on any atom is 0.254 e. The zero-order chi connectivity index (χ0) is 22.7. The van der Waals surface area contributed by atoms with Crippen molar-refractivity contribution in [3.63, 3.8) is 0 Å². The first-order valence-electron chi connectivity index (χ1n) is 10.4. The molecule has 2 amide bonds. The van der Waals surface area contributed by atoms with Crippen LogP contribution in [0.25, 0.3) is 11.3 Å². The Kier molecular flexibility index (Phi) is 5.93. The molecule has 1 aliphatic heterocycles. The first kappa shape index (κ1) is 21.2. The van der Waals surface area contributed by atoms with E-state index in [9.17, 15) is 9.59 Å². The van der Waals surface area contributed by atoms with Crippen LogP contribution >= 0.6 is 0 Å². The van der Waals surface area contributed by atoms with Gasteiger partial charge in [-0.2, -0.15) is 5.10 Å². The highest BCUT2D eigenvalue weighted by molar-refractivity contribution is 6.03. The fourth-order valence-corrected chi connectivity index (χ4v) is 4.02. The standard InChI is InChI=1S/C24H25N5O3/c1-2-20(30)28-14-6-7-17(15-28)29-22(21(24(26)31)23(25)27-29)16-10-12-19(13-11-16)32-18-8-4-3-5-9-18/h2-5,8-13,17H,1,6-7,14-15H2,(H2,25,27)(H2,26,31)/t17-/m1/s1. The molecule has 2 aromatic carbocycles. The van der Waals surface area contributed by atoms with E-state index in [1.54, 1.807) is 9.58 Å². The summed E-state index contributed by atoms with van der Waals surface area (Å²) in [5.41, 5.74) is 13.2. The molecule has 0 aliphatic carbocycles. The molecule has 2 heterocycles. The van der Waals surface area contributed by atoms with E-state index in [0.29, 0.717) is 24.5 Å². The number of benzene rings is 2. The lowest BCUT2D eigenvalue weighted by molar-refractivity contribution is -0.127. The van der Waals surface area contributed by atoms with E-state index in [2.05, 4.69) is 11.7 Å². The number of carbonyl (C=O) groups excluding carboxylic acids is 2. The molecular weight excluding hydrogens is 406 g/mol. The Bertz CT molecular complexity index is 1140. The minimum atomic E-state index is -0.650. The molecule has 0 unspecified atom stereocenters. The second kappa shape index (κ2) is 8.97. The summed E-state index contributed by atoms with van der Waals surface area (Å²) in [6.07, 6.45) is 2.91. The van der Waals surface area contributed by atoms with E-state index >= 15 is 0 Å². The normalized spacial score (nSPS) is 15.9. The van der Waals surface area contributed by atoms with Crippen molar-refractivity contribution in [1.29, 1.82) is 0 Å². The molecular formula is C24H25N5O3. The van der Waals surface area contributed by atoms with E-state index in [-0.39, 0.29) is 23.3 Å². The number of likely N-dealkylation sites (tertiary alicyclic amines) is 1. The van der Waals surface area contributed by atoms with Crippen LogP contribution in [0.2, 0.25) is 0 Å². The lowest BCUT2D eigenvalue weighted by atomic mass is 10.0. The average Bonchev–Trinajstić information content (AvgIpc) is 3.17. The van der Waals surface area contributed by atoms with Gasteiger partial charge in [-0.05, 0) is 55.3 Å². The maximum absolute atomic E-state index is 12.2. The summed E-state index contributed by atoms with van der Waals surface area (Å²) in [5.74, 6) is 0.669. The Balaban J connectivity index is 1.69.